The number of carbonyl (C=O) groups is 1. The zero-order valence-electron chi connectivity index (χ0n) is 13.4. The van der Waals surface area contributed by atoms with Gasteiger partial charge >= 0.3 is 0 Å². The van der Waals surface area contributed by atoms with Gasteiger partial charge in [0, 0.05) is 23.0 Å². The van der Waals surface area contributed by atoms with Crippen molar-refractivity contribution in [3.8, 4) is 0 Å². The first kappa shape index (κ1) is 16.3. The molecule has 122 valence electrons. The second-order valence-corrected chi connectivity index (χ2v) is 6.26. The van der Waals surface area contributed by atoms with Gasteiger partial charge in [-0.1, -0.05) is 24.3 Å². The zero-order chi connectivity index (χ0) is 17.1. The van der Waals surface area contributed by atoms with Gasteiger partial charge in [0.1, 0.15) is 0 Å². The number of thioether (sulfide) groups is 1. The van der Waals surface area contributed by atoms with Crippen LogP contribution in [0.5, 0.6) is 0 Å². The van der Waals surface area contributed by atoms with Gasteiger partial charge in [0.2, 0.25) is 5.91 Å². The molecule has 0 bridgehead atoms. The Balaban J connectivity index is 1.88. The number of benzene rings is 2. The van der Waals surface area contributed by atoms with Crippen molar-refractivity contribution >= 4 is 34.1 Å². The summed E-state index contributed by atoms with van der Waals surface area (Å²) in [6.45, 7) is 0. The summed E-state index contributed by atoms with van der Waals surface area (Å²) in [4.78, 5) is 25.6. The molecule has 0 atom stereocenters. The second-order valence-electron chi connectivity index (χ2n) is 5.38. The van der Waals surface area contributed by atoms with Gasteiger partial charge in [-0.2, -0.15) is 5.10 Å². The third kappa shape index (κ3) is 3.33. The van der Waals surface area contributed by atoms with Crippen LogP contribution >= 0.6 is 11.8 Å². The second kappa shape index (κ2) is 6.88. The first-order valence-electron chi connectivity index (χ1n) is 7.47. The van der Waals surface area contributed by atoms with E-state index in [1.807, 2.05) is 48.7 Å². The van der Waals surface area contributed by atoms with Gasteiger partial charge < -0.3 is 5.32 Å². The molecule has 3 aromatic rings. The number of amides is 1. The molecule has 0 fully saturated rings. The lowest BCUT2D eigenvalue weighted by molar-refractivity contribution is -0.115. The molecule has 0 saturated heterocycles. The van der Waals surface area contributed by atoms with Crippen LogP contribution in [0.25, 0.3) is 10.8 Å². The van der Waals surface area contributed by atoms with Crippen LogP contribution in [0.2, 0.25) is 0 Å². The van der Waals surface area contributed by atoms with Crippen molar-refractivity contribution in [3.63, 3.8) is 0 Å². The van der Waals surface area contributed by atoms with E-state index in [2.05, 4.69) is 10.4 Å². The van der Waals surface area contributed by atoms with Crippen molar-refractivity contribution in [2.24, 2.45) is 7.05 Å². The maximum absolute atomic E-state index is 12.4. The Bertz CT molecular complexity index is 966. The van der Waals surface area contributed by atoms with Crippen molar-refractivity contribution in [1.29, 1.82) is 0 Å². The average Bonchev–Trinajstić information content (AvgIpc) is 2.59. The summed E-state index contributed by atoms with van der Waals surface area (Å²) in [6.07, 6.45) is 2.10. The lowest BCUT2D eigenvalue weighted by Crippen LogP contribution is -2.24. The fraction of sp³-hybridized carbons (Fsp3) is 0.167. The van der Waals surface area contributed by atoms with Crippen LogP contribution in [0.15, 0.2) is 58.2 Å². The Morgan fingerprint density at radius 3 is 2.67 bits per heavy atom. The van der Waals surface area contributed by atoms with Crippen molar-refractivity contribution in [1.82, 2.24) is 9.78 Å². The van der Waals surface area contributed by atoms with Crippen molar-refractivity contribution in [2.75, 3.05) is 11.6 Å². The van der Waals surface area contributed by atoms with E-state index in [9.17, 15) is 9.59 Å². The zero-order valence-corrected chi connectivity index (χ0v) is 14.3. The summed E-state index contributed by atoms with van der Waals surface area (Å²) < 4.78 is 1.28. The Morgan fingerprint density at radius 2 is 1.92 bits per heavy atom. The Kier molecular flexibility index (Phi) is 4.66. The van der Waals surface area contributed by atoms with Crippen LogP contribution in [0.1, 0.15) is 5.69 Å². The highest BCUT2D eigenvalue weighted by atomic mass is 32.2. The van der Waals surface area contributed by atoms with Gasteiger partial charge in [-0.3, -0.25) is 9.59 Å². The molecule has 5 nitrogen and oxygen atoms in total. The molecule has 0 radical (unpaired) electrons. The number of hydrogen-bond acceptors (Lipinski definition) is 4. The molecule has 1 N–H and O–H groups in total. The predicted molar refractivity (Wildman–Crippen MR) is 97.5 cm³/mol. The van der Waals surface area contributed by atoms with E-state index in [-0.39, 0.29) is 17.9 Å². The SMILES string of the molecule is CSc1cccc(NC(=O)Cc2nn(C)c(=O)c3ccccc23)c1. The normalized spacial score (nSPS) is 10.8. The monoisotopic (exact) mass is 339 g/mol. The molecule has 6 heteroatoms. The van der Waals surface area contributed by atoms with E-state index in [1.54, 1.807) is 24.9 Å². The first-order chi connectivity index (χ1) is 11.6. The molecule has 0 aliphatic carbocycles. The topological polar surface area (TPSA) is 64.0 Å². The summed E-state index contributed by atoms with van der Waals surface area (Å²) in [5.41, 5.74) is 1.18. The van der Waals surface area contributed by atoms with E-state index >= 15 is 0 Å². The summed E-state index contributed by atoms with van der Waals surface area (Å²) >= 11 is 1.62. The number of fused-ring (bicyclic) bond motifs is 1. The largest absolute Gasteiger partial charge is 0.326 e. The number of hydrogen-bond donors (Lipinski definition) is 1. The molecule has 3 rings (SSSR count). The molecule has 1 amide bonds. The van der Waals surface area contributed by atoms with Crippen LogP contribution in [0.4, 0.5) is 5.69 Å². The Morgan fingerprint density at radius 1 is 1.17 bits per heavy atom. The molecule has 0 aliphatic rings. The minimum absolute atomic E-state index is 0.109. The van der Waals surface area contributed by atoms with Crippen LogP contribution in [0.3, 0.4) is 0 Å². The van der Waals surface area contributed by atoms with E-state index in [4.69, 9.17) is 0 Å². The number of nitrogens with zero attached hydrogens (tertiary/aromatic N) is 2. The van der Waals surface area contributed by atoms with Gasteiger partial charge in [0.25, 0.3) is 5.56 Å². The fourth-order valence-corrected chi connectivity index (χ4v) is 3.02. The summed E-state index contributed by atoms with van der Waals surface area (Å²) in [5.74, 6) is -0.162. The third-order valence-electron chi connectivity index (χ3n) is 3.71. The van der Waals surface area contributed by atoms with Gasteiger partial charge in [-0.15, -0.1) is 11.8 Å². The van der Waals surface area contributed by atoms with Crippen LogP contribution in [-0.4, -0.2) is 21.9 Å². The highest BCUT2D eigenvalue weighted by Crippen LogP contribution is 2.19. The first-order valence-corrected chi connectivity index (χ1v) is 8.70. The summed E-state index contributed by atoms with van der Waals surface area (Å²) in [5, 5.41) is 8.43. The molecular weight excluding hydrogens is 322 g/mol. The maximum atomic E-state index is 12.4. The quantitative estimate of drug-likeness (QED) is 0.743. The molecule has 24 heavy (non-hydrogen) atoms. The number of anilines is 1. The lowest BCUT2D eigenvalue weighted by Gasteiger charge is -2.09. The summed E-state index contributed by atoms with van der Waals surface area (Å²) in [7, 11) is 1.60. The van der Waals surface area contributed by atoms with Crippen LogP contribution in [0, 0.1) is 0 Å². The highest BCUT2D eigenvalue weighted by Gasteiger charge is 2.12. The smallest absolute Gasteiger partial charge is 0.274 e. The van der Waals surface area contributed by atoms with Gasteiger partial charge in [0.05, 0.1) is 17.5 Å². The fourth-order valence-electron chi connectivity index (χ4n) is 2.56. The molecule has 2 aromatic carbocycles. The minimum atomic E-state index is -0.164. The van der Waals surface area contributed by atoms with Crippen molar-refractivity contribution in [3.05, 3.63) is 64.6 Å². The van der Waals surface area contributed by atoms with Gasteiger partial charge in [-0.25, -0.2) is 4.68 Å². The molecule has 0 spiro atoms. The molecule has 0 saturated carbocycles. The maximum Gasteiger partial charge on any atom is 0.274 e. The summed E-state index contributed by atoms with van der Waals surface area (Å²) in [6, 6.07) is 14.9. The standard InChI is InChI=1S/C18H17N3O2S/c1-21-18(23)15-9-4-3-8-14(15)16(20-21)11-17(22)19-12-6-5-7-13(10-12)24-2/h3-10H,11H2,1-2H3,(H,19,22). The number of aromatic nitrogens is 2. The third-order valence-corrected chi connectivity index (χ3v) is 4.44. The average molecular weight is 339 g/mol. The van der Waals surface area contributed by atoms with E-state index in [0.717, 1.165) is 10.6 Å². The lowest BCUT2D eigenvalue weighted by atomic mass is 10.1. The molecule has 1 heterocycles. The molecule has 1 aromatic heterocycles. The number of aryl methyl sites for hydroxylation is 1. The van der Waals surface area contributed by atoms with Crippen molar-refractivity contribution < 1.29 is 4.79 Å². The van der Waals surface area contributed by atoms with Gasteiger partial charge in [-0.05, 0) is 30.5 Å². The van der Waals surface area contributed by atoms with E-state index in [0.29, 0.717) is 16.5 Å². The van der Waals surface area contributed by atoms with E-state index < -0.39 is 0 Å². The number of nitrogens with one attached hydrogen (secondary N) is 1. The highest BCUT2D eigenvalue weighted by molar-refractivity contribution is 7.98. The number of rotatable bonds is 4. The molecule has 0 unspecified atom stereocenters. The Hall–Kier alpha value is -2.60. The van der Waals surface area contributed by atoms with E-state index in [1.165, 1.54) is 4.68 Å². The predicted octanol–water partition coefficient (Wildman–Crippen LogP) is 2.84. The van der Waals surface area contributed by atoms with Crippen molar-refractivity contribution in [2.45, 2.75) is 11.3 Å². The van der Waals surface area contributed by atoms with Crippen LogP contribution < -0.4 is 10.9 Å². The minimum Gasteiger partial charge on any atom is -0.326 e. The van der Waals surface area contributed by atoms with Crippen LogP contribution in [-0.2, 0) is 18.3 Å². The number of carbonyl (C=O) groups excluding carboxylic acids is 1. The molecule has 0 aliphatic heterocycles. The van der Waals surface area contributed by atoms with Gasteiger partial charge in [0.15, 0.2) is 0 Å². The molecular formula is C18H17N3O2S. The Labute approximate surface area is 143 Å².